The second-order valence-electron chi connectivity index (χ2n) is 4.03. The van der Waals surface area contributed by atoms with E-state index in [-0.39, 0.29) is 11.7 Å². The fourth-order valence-corrected chi connectivity index (χ4v) is 2.36. The summed E-state index contributed by atoms with van der Waals surface area (Å²) in [4.78, 5) is 12.2. The standard InChI is InChI=1S/C14H11Br2NO2/c1-8-10(3-2-4-13(8)18)14(19)17-12-7-9(15)5-6-11(12)16/h2-7,18H,1H3,(H,17,19). The van der Waals surface area contributed by atoms with Crippen LogP contribution in [0.5, 0.6) is 5.75 Å². The molecule has 3 nitrogen and oxygen atoms in total. The van der Waals surface area contributed by atoms with Crippen LogP contribution < -0.4 is 5.32 Å². The average Bonchev–Trinajstić information content (AvgIpc) is 2.37. The molecule has 0 aliphatic carbocycles. The summed E-state index contributed by atoms with van der Waals surface area (Å²) in [5, 5.41) is 12.4. The molecule has 0 unspecified atom stereocenters. The highest BCUT2D eigenvalue weighted by atomic mass is 79.9. The van der Waals surface area contributed by atoms with E-state index in [0.717, 1.165) is 8.95 Å². The minimum absolute atomic E-state index is 0.112. The number of anilines is 1. The van der Waals surface area contributed by atoms with Gasteiger partial charge in [-0.3, -0.25) is 4.79 Å². The Labute approximate surface area is 127 Å². The number of halogens is 2. The lowest BCUT2D eigenvalue weighted by Gasteiger charge is -2.10. The van der Waals surface area contributed by atoms with Gasteiger partial charge in [0.15, 0.2) is 0 Å². The normalized spacial score (nSPS) is 10.3. The van der Waals surface area contributed by atoms with Crippen LogP contribution in [0.1, 0.15) is 15.9 Å². The molecule has 2 rings (SSSR count). The Morgan fingerprint density at radius 2 is 1.95 bits per heavy atom. The first-order valence-corrected chi connectivity index (χ1v) is 7.12. The topological polar surface area (TPSA) is 49.3 Å². The molecule has 98 valence electrons. The Morgan fingerprint density at radius 1 is 1.21 bits per heavy atom. The number of benzene rings is 2. The van der Waals surface area contributed by atoms with Gasteiger partial charge in [0.05, 0.1) is 5.69 Å². The van der Waals surface area contributed by atoms with Crippen molar-refractivity contribution in [3.63, 3.8) is 0 Å². The van der Waals surface area contributed by atoms with Gasteiger partial charge in [0.2, 0.25) is 0 Å². The molecule has 0 bridgehead atoms. The third-order valence-electron chi connectivity index (χ3n) is 2.73. The maximum atomic E-state index is 12.2. The summed E-state index contributed by atoms with van der Waals surface area (Å²) in [6.45, 7) is 1.71. The molecule has 0 radical (unpaired) electrons. The molecule has 1 amide bonds. The van der Waals surface area contributed by atoms with Gasteiger partial charge in [-0.1, -0.05) is 22.0 Å². The van der Waals surface area contributed by atoms with Gasteiger partial charge in [-0.25, -0.2) is 0 Å². The van der Waals surface area contributed by atoms with Gasteiger partial charge in [-0.2, -0.15) is 0 Å². The highest BCUT2D eigenvalue weighted by molar-refractivity contribution is 9.11. The molecular formula is C14H11Br2NO2. The van der Waals surface area contributed by atoms with E-state index in [4.69, 9.17) is 0 Å². The monoisotopic (exact) mass is 383 g/mol. The Balaban J connectivity index is 2.31. The van der Waals surface area contributed by atoms with Crippen LogP contribution in [0, 0.1) is 6.92 Å². The number of nitrogens with one attached hydrogen (secondary N) is 1. The van der Waals surface area contributed by atoms with Gasteiger partial charge in [0.1, 0.15) is 5.75 Å². The second-order valence-corrected chi connectivity index (χ2v) is 5.80. The van der Waals surface area contributed by atoms with Crippen molar-refractivity contribution in [3.05, 3.63) is 56.5 Å². The largest absolute Gasteiger partial charge is 0.508 e. The zero-order chi connectivity index (χ0) is 14.0. The summed E-state index contributed by atoms with van der Waals surface area (Å²) >= 11 is 6.74. The van der Waals surface area contributed by atoms with Crippen molar-refractivity contribution in [2.24, 2.45) is 0 Å². The summed E-state index contributed by atoms with van der Waals surface area (Å²) in [5.41, 5.74) is 1.68. The molecule has 5 heteroatoms. The average molecular weight is 385 g/mol. The number of carbonyl (C=O) groups excluding carboxylic acids is 1. The Morgan fingerprint density at radius 3 is 2.68 bits per heavy atom. The van der Waals surface area contributed by atoms with Gasteiger partial charge in [-0.15, -0.1) is 0 Å². The molecule has 19 heavy (non-hydrogen) atoms. The van der Waals surface area contributed by atoms with E-state index >= 15 is 0 Å². The van der Waals surface area contributed by atoms with Crippen molar-refractivity contribution < 1.29 is 9.90 Å². The predicted octanol–water partition coefficient (Wildman–Crippen LogP) is 4.48. The van der Waals surface area contributed by atoms with Crippen LogP contribution >= 0.6 is 31.9 Å². The summed E-state index contributed by atoms with van der Waals surface area (Å²) in [5.74, 6) is -0.145. The highest BCUT2D eigenvalue weighted by Gasteiger charge is 2.12. The van der Waals surface area contributed by atoms with Crippen LogP contribution in [-0.4, -0.2) is 11.0 Å². The molecule has 0 atom stereocenters. The molecule has 0 saturated heterocycles. The quantitative estimate of drug-likeness (QED) is 0.801. The van der Waals surface area contributed by atoms with E-state index in [1.54, 1.807) is 31.2 Å². The lowest BCUT2D eigenvalue weighted by Crippen LogP contribution is -2.13. The molecule has 0 aliphatic rings. The van der Waals surface area contributed by atoms with Crippen LogP contribution in [0.3, 0.4) is 0 Å². The summed E-state index contributed by atoms with van der Waals surface area (Å²) < 4.78 is 1.67. The first-order chi connectivity index (χ1) is 8.99. The van der Waals surface area contributed by atoms with E-state index in [1.165, 1.54) is 0 Å². The van der Waals surface area contributed by atoms with E-state index in [1.807, 2.05) is 12.1 Å². The number of amides is 1. The van der Waals surface area contributed by atoms with E-state index in [9.17, 15) is 9.90 Å². The summed E-state index contributed by atoms with van der Waals surface area (Å²) in [7, 11) is 0. The number of rotatable bonds is 2. The van der Waals surface area contributed by atoms with Crippen molar-refractivity contribution in [2.45, 2.75) is 6.92 Å². The first-order valence-electron chi connectivity index (χ1n) is 5.54. The maximum Gasteiger partial charge on any atom is 0.256 e. The number of hydrogen-bond acceptors (Lipinski definition) is 2. The molecule has 0 fully saturated rings. The van der Waals surface area contributed by atoms with Crippen molar-refractivity contribution in [3.8, 4) is 5.75 Å². The van der Waals surface area contributed by atoms with Crippen molar-refractivity contribution >= 4 is 43.5 Å². The lowest BCUT2D eigenvalue weighted by atomic mass is 10.1. The van der Waals surface area contributed by atoms with Crippen LogP contribution in [0.4, 0.5) is 5.69 Å². The zero-order valence-electron chi connectivity index (χ0n) is 10.1. The lowest BCUT2D eigenvalue weighted by molar-refractivity contribution is 0.102. The molecule has 0 spiro atoms. The summed E-state index contributed by atoms with van der Waals surface area (Å²) in [6.07, 6.45) is 0. The first kappa shape index (κ1) is 14.1. The van der Waals surface area contributed by atoms with Crippen molar-refractivity contribution in [2.75, 3.05) is 5.32 Å². The van der Waals surface area contributed by atoms with E-state index < -0.39 is 0 Å². The molecule has 2 aromatic carbocycles. The Hall–Kier alpha value is -1.33. The molecule has 0 heterocycles. The number of aromatic hydroxyl groups is 1. The van der Waals surface area contributed by atoms with Crippen molar-refractivity contribution in [1.29, 1.82) is 0 Å². The van der Waals surface area contributed by atoms with Gasteiger partial charge in [0, 0.05) is 20.1 Å². The minimum Gasteiger partial charge on any atom is -0.508 e. The molecule has 2 aromatic rings. The van der Waals surface area contributed by atoms with E-state index in [0.29, 0.717) is 16.8 Å². The third-order valence-corrected chi connectivity index (χ3v) is 3.91. The van der Waals surface area contributed by atoms with Crippen LogP contribution in [0.15, 0.2) is 45.3 Å². The number of phenols is 1. The van der Waals surface area contributed by atoms with Gasteiger partial charge < -0.3 is 10.4 Å². The Bertz CT molecular complexity index is 641. The van der Waals surface area contributed by atoms with Gasteiger partial charge >= 0.3 is 0 Å². The molecular weight excluding hydrogens is 374 g/mol. The minimum atomic E-state index is -0.257. The van der Waals surface area contributed by atoms with Gasteiger partial charge in [-0.05, 0) is 53.2 Å². The molecule has 0 saturated carbocycles. The van der Waals surface area contributed by atoms with Crippen molar-refractivity contribution in [1.82, 2.24) is 0 Å². The number of carbonyl (C=O) groups is 1. The summed E-state index contributed by atoms with van der Waals surface area (Å²) in [6, 6.07) is 10.4. The smallest absolute Gasteiger partial charge is 0.256 e. The second kappa shape index (κ2) is 5.75. The van der Waals surface area contributed by atoms with Gasteiger partial charge in [0.25, 0.3) is 5.91 Å². The molecule has 0 aliphatic heterocycles. The maximum absolute atomic E-state index is 12.2. The van der Waals surface area contributed by atoms with E-state index in [2.05, 4.69) is 37.2 Å². The fourth-order valence-electron chi connectivity index (χ4n) is 1.65. The Kier molecular flexibility index (Phi) is 4.27. The third kappa shape index (κ3) is 3.16. The molecule has 0 aromatic heterocycles. The van der Waals surface area contributed by atoms with Crippen LogP contribution in [0.25, 0.3) is 0 Å². The fraction of sp³-hybridized carbons (Fsp3) is 0.0714. The highest BCUT2D eigenvalue weighted by Crippen LogP contribution is 2.27. The predicted molar refractivity (Wildman–Crippen MR) is 82.6 cm³/mol. The van der Waals surface area contributed by atoms with Crippen LogP contribution in [0.2, 0.25) is 0 Å². The number of hydrogen-bond donors (Lipinski definition) is 2. The van der Waals surface area contributed by atoms with Crippen LogP contribution in [-0.2, 0) is 0 Å². The molecule has 2 N–H and O–H groups in total. The SMILES string of the molecule is Cc1c(O)cccc1C(=O)Nc1cc(Br)ccc1Br. The number of phenolic OH excluding ortho intramolecular Hbond substituents is 1. The zero-order valence-corrected chi connectivity index (χ0v) is 13.2.